The first-order chi connectivity index (χ1) is 8.53. The molecule has 0 aliphatic carbocycles. The van der Waals surface area contributed by atoms with Gasteiger partial charge < -0.3 is 4.42 Å². The number of nitriles is 1. The zero-order valence-electron chi connectivity index (χ0n) is 9.15. The zero-order chi connectivity index (χ0) is 13.2. The van der Waals surface area contributed by atoms with Crippen molar-refractivity contribution in [1.82, 2.24) is 15.2 Å². The second-order valence-corrected chi connectivity index (χ2v) is 4.84. The summed E-state index contributed by atoms with van der Waals surface area (Å²) in [7, 11) is -3.97. The Balaban J connectivity index is 2.40. The Morgan fingerprint density at radius 1 is 1.44 bits per heavy atom. The highest BCUT2D eigenvalue weighted by atomic mass is 32.2. The summed E-state index contributed by atoms with van der Waals surface area (Å²) in [6.45, 7) is 1.52. The number of hydrogen-bond donors (Lipinski definition) is 1. The molecule has 0 bridgehead atoms. The Morgan fingerprint density at radius 3 is 2.83 bits per heavy atom. The quantitative estimate of drug-likeness (QED) is 0.854. The molecule has 8 nitrogen and oxygen atoms in total. The first kappa shape index (κ1) is 12.0. The molecule has 9 heteroatoms. The van der Waals surface area contributed by atoms with E-state index in [4.69, 9.17) is 9.68 Å². The SMILES string of the molecule is Cc1nnc(NS(=O)(=O)c2cccnc2C#N)o1. The average Bonchev–Trinajstić information content (AvgIpc) is 2.74. The van der Waals surface area contributed by atoms with E-state index in [1.165, 1.54) is 25.3 Å². The van der Waals surface area contributed by atoms with Gasteiger partial charge in [0.1, 0.15) is 11.0 Å². The molecule has 18 heavy (non-hydrogen) atoms. The minimum absolute atomic E-state index is 0.207. The second-order valence-electron chi connectivity index (χ2n) is 3.19. The molecule has 1 N–H and O–H groups in total. The van der Waals surface area contributed by atoms with Gasteiger partial charge in [-0.15, -0.1) is 5.10 Å². The van der Waals surface area contributed by atoms with Crippen LogP contribution in [0, 0.1) is 18.3 Å². The fourth-order valence-corrected chi connectivity index (χ4v) is 2.23. The number of nitrogens with zero attached hydrogens (tertiary/aromatic N) is 4. The molecule has 0 atom stereocenters. The van der Waals surface area contributed by atoms with Crippen LogP contribution in [0.25, 0.3) is 0 Å². The van der Waals surface area contributed by atoms with Crippen molar-refractivity contribution < 1.29 is 12.8 Å². The maximum Gasteiger partial charge on any atom is 0.329 e. The summed E-state index contributed by atoms with van der Waals surface area (Å²) in [5.41, 5.74) is -0.207. The molecule has 2 rings (SSSR count). The lowest BCUT2D eigenvalue weighted by molar-refractivity contribution is 0.534. The molecule has 2 aromatic rings. The number of hydrogen-bond acceptors (Lipinski definition) is 7. The lowest BCUT2D eigenvalue weighted by Gasteiger charge is -2.04. The predicted molar refractivity (Wildman–Crippen MR) is 58.8 cm³/mol. The molecule has 2 heterocycles. The molecule has 0 aromatic carbocycles. The summed E-state index contributed by atoms with van der Waals surface area (Å²) in [5.74, 6) is 0.222. The average molecular weight is 265 g/mol. The monoisotopic (exact) mass is 265 g/mol. The maximum atomic E-state index is 12.0. The van der Waals surface area contributed by atoms with E-state index in [0.29, 0.717) is 0 Å². The van der Waals surface area contributed by atoms with Gasteiger partial charge in [0, 0.05) is 13.1 Å². The molecule has 0 amide bonds. The van der Waals surface area contributed by atoms with Crippen molar-refractivity contribution in [3.05, 3.63) is 29.9 Å². The third-order valence-corrected chi connectivity index (χ3v) is 3.27. The maximum absolute atomic E-state index is 12.0. The Kier molecular flexibility index (Phi) is 2.95. The van der Waals surface area contributed by atoms with Crippen molar-refractivity contribution in [2.75, 3.05) is 4.72 Å². The summed E-state index contributed by atoms with van der Waals surface area (Å²) in [4.78, 5) is 3.42. The van der Waals surface area contributed by atoms with Crippen LogP contribution >= 0.6 is 0 Å². The van der Waals surface area contributed by atoms with Crippen molar-refractivity contribution in [3.63, 3.8) is 0 Å². The minimum atomic E-state index is -3.97. The molecular formula is C9H7N5O3S. The largest absolute Gasteiger partial charge is 0.408 e. The summed E-state index contributed by atoms with van der Waals surface area (Å²) >= 11 is 0. The van der Waals surface area contributed by atoms with Crippen molar-refractivity contribution in [1.29, 1.82) is 5.26 Å². The van der Waals surface area contributed by atoms with Crippen LogP contribution in [0.5, 0.6) is 0 Å². The smallest absolute Gasteiger partial charge is 0.329 e. The number of nitrogens with one attached hydrogen (secondary N) is 1. The first-order valence-electron chi connectivity index (χ1n) is 4.71. The molecule has 0 aliphatic heterocycles. The fourth-order valence-electron chi connectivity index (χ4n) is 1.20. The van der Waals surface area contributed by atoms with E-state index in [1.54, 1.807) is 6.07 Å². The van der Waals surface area contributed by atoms with Crippen molar-refractivity contribution in [3.8, 4) is 6.07 Å². The molecule has 0 unspecified atom stereocenters. The lowest BCUT2D eigenvalue weighted by atomic mass is 10.4. The Bertz CT molecular complexity index is 716. The molecule has 0 aliphatic rings. The fraction of sp³-hybridized carbons (Fsp3) is 0.111. The van der Waals surface area contributed by atoms with E-state index in [9.17, 15) is 8.42 Å². The molecule has 92 valence electrons. The van der Waals surface area contributed by atoms with Crippen molar-refractivity contribution >= 4 is 16.0 Å². The lowest BCUT2D eigenvalue weighted by Crippen LogP contribution is -2.15. The van der Waals surface area contributed by atoms with E-state index in [0.717, 1.165) is 0 Å². The highest BCUT2D eigenvalue weighted by Gasteiger charge is 2.21. The number of aromatic nitrogens is 3. The predicted octanol–water partition coefficient (Wildman–Crippen LogP) is 0.445. The third-order valence-electron chi connectivity index (χ3n) is 1.91. The summed E-state index contributed by atoms with van der Waals surface area (Å²) < 4.78 is 30.9. The van der Waals surface area contributed by atoms with Gasteiger partial charge in [-0.25, -0.2) is 18.1 Å². The van der Waals surface area contributed by atoms with E-state index in [1.807, 2.05) is 0 Å². The number of rotatable bonds is 3. The van der Waals surface area contributed by atoms with Crippen LogP contribution < -0.4 is 4.72 Å². The molecule has 0 radical (unpaired) electrons. The number of sulfonamides is 1. The Labute approximate surface area is 102 Å². The normalized spacial score (nSPS) is 10.9. The van der Waals surface area contributed by atoms with Gasteiger partial charge in [0.2, 0.25) is 5.89 Å². The molecule has 2 aromatic heterocycles. The van der Waals surface area contributed by atoms with Gasteiger partial charge in [-0.2, -0.15) is 5.26 Å². The number of pyridine rings is 1. The zero-order valence-corrected chi connectivity index (χ0v) is 9.97. The highest BCUT2D eigenvalue weighted by molar-refractivity contribution is 7.92. The standard InChI is InChI=1S/C9H7N5O3S/c1-6-12-13-9(17-6)14-18(15,16)8-3-2-4-11-7(8)5-10/h2-4H,1H3,(H,13,14). The van der Waals surface area contributed by atoms with Crippen LogP contribution in [0.3, 0.4) is 0 Å². The van der Waals surface area contributed by atoms with Gasteiger partial charge >= 0.3 is 6.01 Å². The Hall–Kier alpha value is -2.47. The van der Waals surface area contributed by atoms with Crippen LogP contribution in [0.1, 0.15) is 11.6 Å². The van der Waals surface area contributed by atoms with E-state index in [-0.39, 0.29) is 22.5 Å². The van der Waals surface area contributed by atoms with Gasteiger partial charge in [0.15, 0.2) is 5.69 Å². The van der Waals surface area contributed by atoms with Gasteiger partial charge in [-0.3, -0.25) is 0 Å². The first-order valence-corrected chi connectivity index (χ1v) is 6.19. The van der Waals surface area contributed by atoms with Crippen LogP contribution in [0.4, 0.5) is 6.01 Å². The minimum Gasteiger partial charge on any atom is -0.408 e. The van der Waals surface area contributed by atoms with E-state index < -0.39 is 10.0 Å². The van der Waals surface area contributed by atoms with Crippen LogP contribution in [0.15, 0.2) is 27.6 Å². The van der Waals surface area contributed by atoms with Crippen LogP contribution in [0.2, 0.25) is 0 Å². The highest BCUT2D eigenvalue weighted by Crippen LogP contribution is 2.16. The van der Waals surface area contributed by atoms with E-state index in [2.05, 4.69) is 19.9 Å². The molecule has 0 spiro atoms. The van der Waals surface area contributed by atoms with Crippen LogP contribution in [-0.2, 0) is 10.0 Å². The van der Waals surface area contributed by atoms with Gasteiger partial charge in [-0.05, 0) is 12.1 Å². The van der Waals surface area contributed by atoms with Crippen molar-refractivity contribution in [2.24, 2.45) is 0 Å². The van der Waals surface area contributed by atoms with Gasteiger partial charge in [-0.1, -0.05) is 5.10 Å². The molecule has 0 saturated heterocycles. The summed E-state index contributed by atoms with van der Waals surface area (Å²) in [5, 5.41) is 15.8. The number of aryl methyl sites for hydroxylation is 1. The Morgan fingerprint density at radius 2 is 2.22 bits per heavy atom. The second kappa shape index (κ2) is 4.42. The van der Waals surface area contributed by atoms with E-state index >= 15 is 0 Å². The topological polar surface area (TPSA) is 122 Å². The molecule has 0 fully saturated rings. The summed E-state index contributed by atoms with van der Waals surface area (Å²) in [6.07, 6.45) is 1.33. The third kappa shape index (κ3) is 2.28. The molecular weight excluding hydrogens is 258 g/mol. The van der Waals surface area contributed by atoms with Gasteiger partial charge in [0.25, 0.3) is 10.0 Å². The number of anilines is 1. The van der Waals surface area contributed by atoms with Crippen molar-refractivity contribution in [2.45, 2.75) is 11.8 Å². The summed E-state index contributed by atoms with van der Waals surface area (Å²) in [6, 6.07) is 4.10. The van der Waals surface area contributed by atoms with Gasteiger partial charge in [0.05, 0.1) is 0 Å². The van der Waals surface area contributed by atoms with Crippen LogP contribution in [-0.4, -0.2) is 23.6 Å². The molecule has 0 saturated carbocycles.